The Balaban J connectivity index is 2.31. The summed E-state index contributed by atoms with van der Waals surface area (Å²) >= 11 is 3.43. The summed E-state index contributed by atoms with van der Waals surface area (Å²) < 4.78 is 6.30. The second kappa shape index (κ2) is 5.75. The van der Waals surface area contributed by atoms with E-state index in [1.165, 1.54) is 0 Å². The summed E-state index contributed by atoms with van der Waals surface area (Å²) in [6.45, 7) is 5.51. The van der Waals surface area contributed by atoms with E-state index in [9.17, 15) is 4.79 Å². The molecule has 0 amide bonds. The van der Waals surface area contributed by atoms with Crippen molar-refractivity contribution in [3.8, 4) is 11.3 Å². The molecule has 0 saturated carbocycles. The van der Waals surface area contributed by atoms with Gasteiger partial charge in [-0.15, -0.1) is 0 Å². The van der Waals surface area contributed by atoms with Gasteiger partial charge in [-0.2, -0.15) is 0 Å². The van der Waals surface area contributed by atoms with Gasteiger partial charge in [-0.3, -0.25) is 0 Å². The van der Waals surface area contributed by atoms with Crippen LogP contribution in [0.3, 0.4) is 0 Å². The molecule has 0 spiro atoms. The molecule has 0 N–H and O–H groups in total. The summed E-state index contributed by atoms with van der Waals surface area (Å²) in [7, 11) is 0. The predicted octanol–water partition coefficient (Wildman–Crippen LogP) is 4.47. The third kappa shape index (κ3) is 3.90. The molecule has 0 fully saturated rings. The molecule has 0 aliphatic carbocycles. The predicted molar refractivity (Wildman–Crippen MR) is 82.5 cm³/mol. The molecule has 0 aliphatic heterocycles. The van der Waals surface area contributed by atoms with E-state index in [1.807, 2.05) is 57.2 Å². The van der Waals surface area contributed by atoms with Crippen molar-refractivity contribution in [2.75, 3.05) is 0 Å². The van der Waals surface area contributed by atoms with Crippen molar-refractivity contribution in [2.24, 2.45) is 0 Å². The second-order valence-electron chi connectivity index (χ2n) is 5.42. The van der Waals surface area contributed by atoms with Crippen LogP contribution in [0.2, 0.25) is 0 Å². The van der Waals surface area contributed by atoms with Crippen LogP contribution < -0.4 is 0 Å². The molecule has 20 heavy (non-hydrogen) atoms. The summed E-state index contributed by atoms with van der Waals surface area (Å²) in [6, 6.07) is 13.1. The number of benzene rings is 1. The number of nitrogens with zero attached hydrogens (tertiary/aromatic N) is 1. The van der Waals surface area contributed by atoms with Gasteiger partial charge >= 0.3 is 5.97 Å². The molecule has 0 saturated heterocycles. The van der Waals surface area contributed by atoms with Crippen LogP contribution in [0, 0.1) is 0 Å². The lowest BCUT2D eigenvalue weighted by atomic mass is 10.1. The number of ether oxygens (including phenoxy) is 1. The van der Waals surface area contributed by atoms with Crippen LogP contribution in [-0.4, -0.2) is 16.6 Å². The molecular weight excluding hydrogens is 318 g/mol. The zero-order valence-electron chi connectivity index (χ0n) is 11.7. The first-order valence-electron chi connectivity index (χ1n) is 6.31. The van der Waals surface area contributed by atoms with E-state index in [1.54, 1.807) is 6.07 Å². The Bertz CT molecular complexity index is 632. The SMILES string of the molecule is CC(C)(C)OC(=O)c1cccc(-c2cccc(Br)c2)n1. The smallest absolute Gasteiger partial charge is 0.357 e. The van der Waals surface area contributed by atoms with Gasteiger partial charge in [-0.05, 0) is 45.0 Å². The van der Waals surface area contributed by atoms with E-state index in [0.29, 0.717) is 5.69 Å². The van der Waals surface area contributed by atoms with Crippen molar-refractivity contribution in [2.45, 2.75) is 26.4 Å². The van der Waals surface area contributed by atoms with Gasteiger partial charge in [0.25, 0.3) is 0 Å². The molecule has 1 aromatic carbocycles. The maximum Gasteiger partial charge on any atom is 0.357 e. The zero-order chi connectivity index (χ0) is 14.8. The van der Waals surface area contributed by atoms with E-state index in [-0.39, 0.29) is 0 Å². The average Bonchev–Trinajstić information content (AvgIpc) is 2.37. The average molecular weight is 334 g/mol. The third-order valence-corrected chi connectivity index (χ3v) is 2.97. The van der Waals surface area contributed by atoms with Gasteiger partial charge in [-0.1, -0.05) is 34.1 Å². The molecular formula is C16H16BrNO2. The number of halogens is 1. The molecule has 0 aliphatic rings. The van der Waals surface area contributed by atoms with Gasteiger partial charge in [0.2, 0.25) is 0 Å². The van der Waals surface area contributed by atoms with E-state index < -0.39 is 11.6 Å². The largest absolute Gasteiger partial charge is 0.455 e. The standard InChI is InChI=1S/C16H16BrNO2/c1-16(2,3)20-15(19)14-9-5-8-13(18-14)11-6-4-7-12(17)10-11/h4-10H,1-3H3. The zero-order valence-corrected chi connectivity index (χ0v) is 13.3. The van der Waals surface area contributed by atoms with Crippen LogP contribution in [0.25, 0.3) is 11.3 Å². The minimum Gasteiger partial charge on any atom is -0.455 e. The van der Waals surface area contributed by atoms with Gasteiger partial charge in [0.1, 0.15) is 11.3 Å². The van der Waals surface area contributed by atoms with Crippen LogP contribution in [0.4, 0.5) is 0 Å². The summed E-state index contributed by atoms with van der Waals surface area (Å²) in [5.74, 6) is -0.408. The highest BCUT2D eigenvalue weighted by Crippen LogP contribution is 2.22. The van der Waals surface area contributed by atoms with Crippen molar-refractivity contribution in [3.05, 3.63) is 52.6 Å². The maximum atomic E-state index is 12.0. The molecule has 2 rings (SSSR count). The molecule has 1 heterocycles. The van der Waals surface area contributed by atoms with Crippen molar-refractivity contribution in [1.29, 1.82) is 0 Å². The Kier molecular flexibility index (Phi) is 4.23. The Morgan fingerprint density at radius 3 is 2.50 bits per heavy atom. The van der Waals surface area contributed by atoms with E-state index in [2.05, 4.69) is 20.9 Å². The number of rotatable bonds is 2. The molecule has 0 atom stereocenters. The highest BCUT2D eigenvalue weighted by molar-refractivity contribution is 9.10. The lowest BCUT2D eigenvalue weighted by Crippen LogP contribution is -2.24. The minimum atomic E-state index is -0.523. The van der Waals surface area contributed by atoms with Crippen LogP contribution >= 0.6 is 15.9 Å². The summed E-state index contributed by atoms with van der Waals surface area (Å²) in [6.07, 6.45) is 0. The van der Waals surface area contributed by atoms with Gasteiger partial charge < -0.3 is 4.74 Å². The Labute approximate surface area is 127 Å². The molecule has 0 bridgehead atoms. The highest BCUT2D eigenvalue weighted by Gasteiger charge is 2.19. The van der Waals surface area contributed by atoms with Crippen molar-refractivity contribution in [3.63, 3.8) is 0 Å². The number of aromatic nitrogens is 1. The summed E-state index contributed by atoms with van der Waals surface area (Å²) in [4.78, 5) is 16.4. The molecule has 3 nitrogen and oxygen atoms in total. The first-order chi connectivity index (χ1) is 9.35. The van der Waals surface area contributed by atoms with Crippen LogP contribution in [0.5, 0.6) is 0 Å². The molecule has 0 radical (unpaired) electrons. The summed E-state index contributed by atoms with van der Waals surface area (Å²) in [5, 5.41) is 0. The molecule has 2 aromatic rings. The van der Waals surface area contributed by atoms with Crippen LogP contribution in [0.1, 0.15) is 31.3 Å². The van der Waals surface area contributed by atoms with Gasteiger partial charge in [0.15, 0.2) is 0 Å². The lowest BCUT2D eigenvalue weighted by Gasteiger charge is -2.19. The third-order valence-electron chi connectivity index (χ3n) is 2.48. The number of carbonyl (C=O) groups excluding carboxylic acids is 1. The van der Waals surface area contributed by atoms with Crippen molar-refractivity contribution in [1.82, 2.24) is 4.98 Å². The van der Waals surface area contributed by atoms with E-state index >= 15 is 0 Å². The lowest BCUT2D eigenvalue weighted by molar-refractivity contribution is 0.00630. The number of esters is 1. The fraction of sp³-hybridized carbons (Fsp3) is 0.250. The Hall–Kier alpha value is -1.68. The molecule has 4 heteroatoms. The second-order valence-corrected chi connectivity index (χ2v) is 6.34. The van der Waals surface area contributed by atoms with Crippen LogP contribution in [-0.2, 0) is 4.74 Å². The van der Waals surface area contributed by atoms with Crippen LogP contribution in [0.15, 0.2) is 46.9 Å². The molecule has 1 aromatic heterocycles. The Morgan fingerprint density at radius 1 is 1.15 bits per heavy atom. The quantitative estimate of drug-likeness (QED) is 0.761. The minimum absolute atomic E-state index is 0.317. The van der Waals surface area contributed by atoms with Crippen molar-refractivity contribution >= 4 is 21.9 Å². The monoisotopic (exact) mass is 333 g/mol. The number of hydrogen-bond donors (Lipinski definition) is 0. The number of pyridine rings is 1. The Morgan fingerprint density at radius 2 is 1.85 bits per heavy atom. The fourth-order valence-electron chi connectivity index (χ4n) is 1.69. The van der Waals surface area contributed by atoms with Gasteiger partial charge in [0.05, 0.1) is 5.69 Å². The molecule has 0 unspecified atom stereocenters. The normalized spacial score (nSPS) is 11.2. The van der Waals surface area contributed by atoms with Gasteiger partial charge in [0, 0.05) is 10.0 Å². The van der Waals surface area contributed by atoms with E-state index in [0.717, 1.165) is 15.7 Å². The first-order valence-corrected chi connectivity index (χ1v) is 7.11. The van der Waals surface area contributed by atoms with Crippen molar-refractivity contribution < 1.29 is 9.53 Å². The molecule has 104 valence electrons. The maximum absolute atomic E-state index is 12.0. The summed E-state index contributed by atoms with van der Waals surface area (Å²) in [5.41, 5.74) is 1.49. The highest BCUT2D eigenvalue weighted by atomic mass is 79.9. The number of hydrogen-bond acceptors (Lipinski definition) is 3. The first kappa shape index (κ1) is 14.7. The van der Waals surface area contributed by atoms with Gasteiger partial charge in [-0.25, -0.2) is 9.78 Å². The number of carbonyl (C=O) groups is 1. The van der Waals surface area contributed by atoms with E-state index in [4.69, 9.17) is 4.74 Å². The topological polar surface area (TPSA) is 39.2 Å². The fourth-order valence-corrected chi connectivity index (χ4v) is 2.09.